The van der Waals surface area contributed by atoms with Crippen LogP contribution in [0.15, 0.2) is 18.5 Å². The highest BCUT2D eigenvalue weighted by molar-refractivity contribution is 5.73. The largest absolute Gasteiger partial charge is 0.338 e. The van der Waals surface area contributed by atoms with Crippen molar-refractivity contribution in [1.29, 1.82) is 0 Å². The number of hydrogen-bond donors (Lipinski definition) is 2. The van der Waals surface area contributed by atoms with Crippen LogP contribution in [-0.2, 0) is 6.54 Å². The summed E-state index contributed by atoms with van der Waals surface area (Å²) in [6.45, 7) is 10.9. The van der Waals surface area contributed by atoms with E-state index in [1.807, 2.05) is 16.9 Å². The Kier molecular flexibility index (Phi) is 6.45. The molecule has 0 spiro atoms. The molecule has 0 aliphatic carbocycles. The van der Waals surface area contributed by atoms with Crippen LogP contribution in [0.3, 0.4) is 0 Å². The van der Waals surface area contributed by atoms with Crippen LogP contribution in [0.1, 0.15) is 40.0 Å². The van der Waals surface area contributed by atoms with Crippen molar-refractivity contribution in [2.75, 3.05) is 26.2 Å². The van der Waals surface area contributed by atoms with Crippen LogP contribution >= 0.6 is 0 Å². The Labute approximate surface area is 139 Å². The van der Waals surface area contributed by atoms with Gasteiger partial charge in [-0.05, 0) is 51.8 Å². The fourth-order valence-corrected chi connectivity index (χ4v) is 3.03. The Morgan fingerprint density at radius 2 is 2.00 bits per heavy atom. The molecule has 0 saturated carbocycles. The van der Waals surface area contributed by atoms with Gasteiger partial charge >= 0.3 is 6.03 Å². The van der Waals surface area contributed by atoms with Crippen LogP contribution in [0, 0.1) is 5.92 Å². The number of likely N-dealkylation sites (tertiary alicyclic amines) is 1. The average Bonchev–Trinajstić information content (AvgIpc) is 3.05. The van der Waals surface area contributed by atoms with Crippen LogP contribution in [0.2, 0.25) is 0 Å². The van der Waals surface area contributed by atoms with Crippen LogP contribution in [0.25, 0.3) is 0 Å². The van der Waals surface area contributed by atoms with Gasteiger partial charge in [-0.1, -0.05) is 13.3 Å². The summed E-state index contributed by atoms with van der Waals surface area (Å²) >= 11 is 0. The zero-order valence-electron chi connectivity index (χ0n) is 14.7. The van der Waals surface area contributed by atoms with Gasteiger partial charge in [0.05, 0.1) is 0 Å². The number of nitrogens with one attached hydrogen (secondary N) is 2. The van der Waals surface area contributed by atoms with Gasteiger partial charge in [0.15, 0.2) is 0 Å². The Morgan fingerprint density at radius 1 is 1.26 bits per heavy atom. The lowest BCUT2D eigenvalue weighted by Gasteiger charge is -2.41. The van der Waals surface area contributed by atoms with E-state index in [1.54, 1.807) is 6.20 Å². The Hall–Kier alpha value is -1.56. The molecule has 2 rings (SSSR count). The molecule has 1 aromatic rings. The van der Waals surface area contributed by atoms with Crippen LogP contribution in [0.5, 0.6) is 0 Å². The second-order valence-corrected chi connectivity index (χ2v) is 7.26. The van der Waals surface area contributed by atoms with Crippen molar-refractivity contribution >= 4 is 6.03 Å². The predicted molar refractivity (Wildman–Crippen MR) is 92.3 cm³/mol. The first-order chi connectivity index (χ1) is 11.0. The van der Waals surface area contributed by atoms with Gasteiger partial charge in [0.2, 0.25) is 0 Å². The zero-order chi connectivity index (χ0) is 16.7. The fraction of sp³-hybridized carbons (Fsp3) is 0.765. The number of piperidine rings is 1. The van der Waals surface area contributed by atoms with Gasteiger partial charge in [0.1, 0.15) is 0 Å². The maximum Gasteiger partial charge on any atom is 0.314 e. The lowest BCUT2D eigenvalue weighted by Crippen LogP contribution is -2.54. The molecule has 1 aromatic heterocycles. The summed E-state index contributed by atoms with van der Waals surface area (Å²) < 4.78 is 1.89. The summed E-state index contributed by atoms with van der Waals surface area (Å²) in [7, 11) is 0. The minimum Gasteiger partial charge on any atom is -0.338 e. The molecule has 2 N–H and O–H groups in total. The molecule has 0 radical (unpaired) electrons. The highest BCUT2D eigenvalue weighted by Crippen LogP contribution is 2.19. The summed E-state index contributed by atoms with van der Waals surface area (Å²) in [6.07, 6.45) is 7.57. The second kappa shape index (κ2) is 8.34. The number of amides is 2. The van der Waals surface area contributed by atoms with Gasteiger partial charge in [-0.3, -0.25) is 9.58 Å². The van der Waals surface area contributed by atoms with Gasteiger partial charge in [0.25, 0.3) is 0 Å². The Bertz CT molecular complexity index is 465. The molecule has 1 fully saturated rings. The third-order valence-electron chi connectivity index (χ3n) is 4.56. The topological polar surface area (TPSA) is 62.2 Å². The molecular weight excluding hydrogens is 290 g/mol. The Balaban J connectivity index is 1.65. The molecule has 1 aliphatic rings. The third-order valence-corrected chi connectivity index (χ3v) is 4.56. The SMILES string of the molecule is CC(CNC(=O)NCC(C)(C)N1CCCCC1)Cn1cccn1. The summed E-state index contributed by atoms with van der Waals surface area (Å²) in [5, 5.41) is 10.2. The predicted octanol–water partition coefficient (Wildman–Crippen LogP) is 2.08. The molecule has 1 aliphatic heterocycles. The van der Waals surface area contributed by atoms with Crippen molar-refractivity contribution in [3.05, 3.63) is 18.5 Å². The lowest BCUT2D eigenvalue weighted by atomic mass is 9.98. The number of aromatic nitrogens is 2. The Morgan fingerprint density at radius 3 is 2.65 bits per heavy atom. The average molecular weight is 321 g/mol. The minimum atomic E-state index is -0.0811. The molecule has 130 valence electrons. The van der Waals surface area contributed by atoms with Crippen molar-refractivity contribution in [2.24, 2.45) is 5.92 Å². The quantitative estimate of drug-likeness (QED) is 0.808. The standard InChI is InChI=1S/C17H31N5O/c1-15(13-22-11-7-8-20-22)12-18-16(23)19-14-17(2,3)21-9-5-4-6-10-21/h7-8,11,15H,4-6,9-10,12-14H2,1-3H3,(H2,18,19,23). The monoisotopic (exact) mass is 321 g/mol. The molecule has 6 nitrogen and oxygen atoms in total. The molecule has 1 atom stereocenters. The summed E-state index contributed by atoms with van der Waals surface area (Å²) in [6, 6.07) is 1.83. The summed E-state index contributed by atoms with van der Waals surface area (Å²) in [4.78, 5) is 14.5. The van der Waals surface area contributed by atoms with E-state index in [4.69, 9.17) is 0 Å². The number of nitrogens with zero attached hydrogens (tertiary/aromatic N) is 3. The van der Waals surface area contributed by atoms with Crippen molar-refractivity contribution < 1.29 is 4.79 Å². The van der Waals surface area contributed by atoms with Crippen molar-refractivity contribution in [3.8, 4) is 0 Å². The highest BCUT2D eigenvalue weighted by Gasteiger charge is 2.28. The van der Waals surface area contributed by atoms with E-state index >= 15 is 0 Å². The first-order valence-electron chi connectivity index (χ1n) is 8.71. The normalized spacial score (nSPS) is 17.7. The third kappa shape index (κ3) is 5.86. The molecule has 1 saturated heterocycles. The maximum absolute atomic E-state index is 12.0. The van der Waals surface area contributed by atoms with Crippen molar-refractivity contribution in [1.82, 2.24) is 25.3 Å². The van der Waals surface area contributed by atoms with Crippen LogP contribution in [0.4, 0.5) is 4.79 Å². The molecule has 6 heteroatoms. The maximum atomic E-state index is 12.0. The van der Waals surface area contributed by atoms with Crippen molar-refractivity contribution in [3.63, 3.8) is 0 Å². The van der Waals surface area contributed by atoms with Gasteiger partial charge in [-0.15, -0.1) is 0 Å². The fourth-order valence-electron chi connectivity index (χ4n) is 3.03. The molecule has 0 aromatic carbocycles. The highest BCUT2D eigenvalue weighted by atomic mass is 16.2. The number of rotatable bonds is 7. The first-order valence-corrected chi connectivity index (χ1v) is 8.71. The van der Waals surface area contributed by atoms with E-state index in [1.165, 1.54) is 19.3 Å². The summed E-state index contributed by atoms with van der Waals surface area (Å²) in [5.74, 6) is 0.343. The molecule has 23 heavy (non-hydrogen) atoms. The van der Waals surface area contributed by atoms with E-state index in [0.29, 0.717) is 19.0 Å². The van der Waals surface area contributed by atoms with E-state index in [9.17, 15) is 4.79 Å². The van der Waals surface area contributed by atoms with Crippen molar-refractivity contribution in [2.45, 2.75) is 52.1 Å². The number of urea groups is 1. The van der Waals surface area contributed by atoms with E-state index < -0.39 is 0 Å². The lowest BCUT2D eigenvalue weighted by molar-refractivity contribution is 0.0959. The smallest absolute Gasteiger partial charge is 0.314 e. The first kappa shape index (κ1) is 17.8. The molecule has 0 bridgehead atoms. The van der Waals surface area contributed by atoms with E-state index in [2.05, 4.69) is 41.4 Å². The minimum absolute atomic E-state index is 0.0123. The molecule has 2 heterocycles. The van der Waals surface area contributed by atoms with Crippen LogP contribution in [-0.4, -0.2) is 52.4 Å². The van der Waals surface area contributed by atoms with E-state index in [0.717, 1.165) is 19.6 Å². The number of hydrogen-bond acceptors (Lipinski definition) is 3. The number of carbonyl (C=O) groups is 1. The van der Waals surface area contributed by atoms with Gasteiger partial charge in [-0.25, -0.2) is 4.79 Å². The zero-order valence-corrected chi connectivity index (χ0v) is 14.7. The number of carbonyl (C=O) groups excluding carboxylic acids is 1. The van der Waals surface area contributed by atoms with Gasteiger partial charge in [-0.2, -0.15) is 5.10 Å². The summed E-state index contributed by atoms with van der Waals surface area (Å²) in [5.41, 5.74) is 0.0123. The van der Waals surface area contributed by atoms with Crippen LogP contribution < -0.4 is 10.6 Å². The van der Waals surface area contributed by atoms with E-state index in [-0.39, 0.29) is 11.6 Å². The molecule has 2 amide bonds. The second-order valence-electron chi connectivity index (χ2n) is 7.26. The van der Waals surface area contributed by atoms with Gasteiger partial charge < -0.3 is 10.6 Å². The van der Waals surface area contributed by atoms with Gasteiger partial charge in [0, 0.05) is 37.6 Å². The molecular formula is C17H31N5O. The molecule has 1 unspecified atom stereocenters.